The molecule has 0 radical (unpaired) electrons. The molecule has 0 aromatic heterocycles. The zero-order valence-corrected chi connectivity index (χ0v) is 10.6. The van der Waals surface area contributed by atoms with Crippen molar-refractivity contribution in [3.05, 3.63) is 0 Å². The quantitative estimate of drug-likeness (QED) is 0.816. The Morgan fingerprint density at radius 3 is 2.29 bits per heavy atom. The van der Waals surface area contributed by atoms with Crippen molar-refractivity contribution in [2.24, 2.45) is 17.8 Å². The molecule has 2 fully saturated rings. The number of aliphatic carboxylic acids is 1. The van der Waals surface area contributed by atoms with E-state index in [9.17, 15) is 9.59 Å². The third kappa shape index (κ3) is 2.17. The zero-order chi connectivity index (χ0) is 12.6. The Kier molecular flexibility index (Phi) is 3.40. The summed E-state index contributed by atoms with van der Waals surface area (Å²) < 4.78 is 0. The molecule has 1 N–H and O–H groups in total. The molecular formula is C13H21NO3. The normalized spacial score (nSPS) is 32.6. The molecule has 1 saturated carbocycles. The molecule has 4 nitrogen and oxygen atoms in total. The standard InChI is InChI=1S/C13H21NO3/c1-8(2)11-4-3-7-14(11)12(15)9-5-6-10(9)13(16)17/h8-11H,3-7H2,1-2H3,(H,16,17). The van der Waals surface area contributed by atoms with E-state index in [4.69, 9.17) is 5.11 Å². The third-order valence-electron chi connectivity index (χ3n) is 4.26. The van der Waals surface area contributed by atoms with Gasteiger partial charge in [-0.2, -0.15) is 0 Å². The summed E-state index contributed by atoms with van der Waals surface area (Å²) in [5.41, 5.74) is 0. The second kappa shape index (κ2) is 4.67. The molecule has 0 bridgehead atoms. The van der Waals surface area contributed by atoms with Gasteiger partial charge in [-0.1, -0.05) is 13.8 Å². The van der Waals surface area contributed by atoms with Gasteiger partial charge in [0, 0.05) is 12.6 Å². The predicted molar refractivity (Wildman–Crippen MR) is 63.4 cm³/mol. The number of carbonyl (C=O) groups is 2. The van der Waals surface area contributed by atoms with Gasteiger partial charge >= 0.3 is 5.97 Å². The maximum atomic E-state index is 12.3. The Morgan fingerprint density at radius 1 is 1.18 bits per heavy atom. The number of nitrogens with zero attached hydrogens (tertiary/aromatic N) is 1. The fourth-order valence-electron chi connectivity index (χ4n) is 3.06. The summed E-state index contributed by atoms with van der Waals surface area (Å²) in [4.78, 5) is 25.2. The van der Waals surface area contributed by atoms with Crippen LogP contribution in [0, 0.1) is 17.8 Å². The first-order valence-electron chi connectivity index (χ1n) is 6.55. The molecule has 1 aliphatic heterocycles. The molecule has 1 saturated heterocycles. The number of hydrogen-bond acceptors (Lipinski definition) is 2. The van der Waals surface area contributed by atoms with Crippen molar-refractivity contribution in [2.75, 3.05) is 6.54 Å². The number of carbonyl (C=O) groups excluding carboxylic acids is 1. The van der Waals surface area contributed by atoms with Gasteiger partial charge in [0.05, 0.1) is 11.8 Å². The lowest BCUT2D eigenvalue weighted by Gasteiger charge is -2.38. The number of amides is 1. The first kappa shape index (κ1) is 12.4. The van der Waals surface area contributed by atoms with Crippen molar-refractivity contribution < 1.29 is 14.7 Å². The smallest absolute Gasteiger partial charge is 0.307 e. The van der Waals surface area contributed by atoms with E-state index in [-0.39, 0.29) is 11.8 Å². The van der Waals surface area contributed by atoms with Crippen LogP contribution in [0.1, 0.15) is 39.5 Å². The molecule has 2 aliphatic rings. The van der Waals surface area contributed by atoms with Crippen LogP contribution in [0.4, 0.5) is 0 Å². The molecule has 1 amide bonds. The summed E-state index contributed by atoms with van der Waals surface area (Å²) in [5, 5.41) is 9.00. The molecular weight excluding hydrogens is 218 g/mol. The molecule has 0 aromatic rings. The van der Waals surface area contributed by atoms with Crippen LogP contribution in [0.15, 0.2) is 0 Å². The highest BCUT2D eigenvalue weighted by atomic mass is 16.4. The van der Waals surface area contributed by atoms with Crippen LogP contribution in [0.3, 0.4) is 0 Å². The average molecular weight is 239 g/mol. The minimum Gasteiger partial charge on any atom is -0.481 e. The fraction of sp³-hybridized carbons (Fsp3) is 0.846. The molecule has 0 aromatic carbocycles. The Labute approximate surface area is 102 Å². The monoisotopic (exact) mass is 239 g/mol. The predicted octanol–water partition coefficient (Wildman–Crippen LogP) is 1.74. The molecule has 4 heteroatoms. The molecule has 1 aliphatic carbocycles. The SMILES string of the molecule is CC(C)C1CCCN1C(=O)C1CCC1C(=O)O. The van der Waals surface area contributed by atoms with Gasteiger partial charge in [-0.25, -0.2) is 0 Å². The van der Waals surface area contributed by atoms with E-state index in [0.29, 0.717) is 18.4 Å². The number of rotatable bonds is 3. The second-order valence-electron chi connectivity index (χ2n) is 5.61. The highest BCUT2D eigenvalue weighted by Crippen LogP contribution is 2.38. The Hall–Kier alpha value is -1.06. The van der Waals surface area contributed by atoms with Crippen molar-refractivity contribution in [3.63, 3.8) is 0 Å². The van der Waals surface area contributed by atoms with Crippen molar-refractivity contribution in [1.82, 2.24) is 4.90 Å². The van der Waals surface area contributed by atoms with E-state index in [2.05, 4.69) is 13.8 Å². The van der Waals surface area contributed by atoms with E-state index in [1.807, 2.05) is 4.90 Å². The molecule has 3 unspecified atom stereocenters. The lowest BCUT2D eigenvalue weighted by atomic mass is 9.72. The summed E-state index contributed by atoms with van der Waals surface area (Å²) in [5.74, 6) is -0.956. The van der Waals surface area contributed by atoms with Gasteiger partial charge in [-0.15, -0.1) is 0 Å². The number of likely N-dealkylation sites (tertiary alicyclic amines) is 1. The van der Waals surface area contributed by atoms with Gasteiger partial charge in [0.2, 0.25) is 5.91 Å². The Bertz CT molecular complexity index is 327. The first-order chi connectivity index (χ1) is 8.02. The van der Waals surface area contributed by atoms with E-state index in [0.717, 1.165) is 25.8 Å². The molecule has 0 spiro atoms. The van der Waals surface area contributed by atoms with Crippen molar-refractivity contribution in [1.29, 1.82) is 0 Å². The summed E-state index contributed by atoms with van der Waals surface area (Å²) in [7, 11) is 0. The van der Waals surface area contributed by atoms with Gasteiger partial charge < -0.3 is 10.0 Å². The highest BCUT2D eigenvalue weighted by Gasteiger charge is 2.45. The van der Waals surface area contributed by atoms with Crippen molar-refractivity contribution in [2.45, 2.75) is 45.6 Å². The summed E-state index contributed by atoms with van der Waals surface area (Å²) in [6.45, 7) is 5.07. The second-order valence-corrected chi connectivity index (χ2v) is 5.61. The van der Waals surface area contributed by atoms with Gasteiger partial charge in [-0.05, 0) is 31.6 Å². The van der Waals surface area contributed by atoms with Crippen molar-refractivity contribution >= 4 is 11.9 Å². The summed E-state index contributed by atoms with van der Waals surface area (Å²) >= 11 is 0. The number of hydrogen-bond donors (Lipinski definition) is 1. The minimum absolute atomic E-state index is 0.0832. The summed E-state index contributed by atoms with van der Waals surface area (Å²) in [6, 6.07) is 0.317. The largest absolute Gasteiger partial charge is 0.481 e. The minimum atomic E-state index is -0.810. The topological polar surface area (TPSA) is 57.6 Å². The zero-order valence-electron chi connectivity index (χ0n) is 10.6. The highest BCUT2D eigenvalue weighted by molar-refractivity contribution is 5.86. The first-order valence-corrected chi connectivity index (χ1v) is 6.55. The maximum absolute atomic E-state index is 12.3. The van der Waals surface area contributed by atoms with Crippen LogP contribution in [0.2, 0.25) is 0 Å². The molecule has 96 valence electrons. The third-order valence-corrected chi connectivity index (χ3v) is 4.26. The Morgan fingerprint density at radius 2 is 1.82 bits per heavy atom. The van der Waals surface area contributed by atoms with Crippen LogP contribution in [0.25, 0.3) is 0 Å². The van der Waals surface area contributed by atoms with Crippen molar-refractivity contribution in [3.8, 4) is 0 Å². The van der Waals surface area contributed by atoms with E-state index < -0.39 is 11.9 Å². The lowest BCUT2D eigenvalue weighted by molar-refractivity contribution is -0.157. The molecule has 3 atom stereocenters. The van der Waals surface area contributed by atoms with Gasteiger partial charge in [0.25, 0.3) is 0 Å². The summed E-state index contributed by atoms with van der Waals surface area (Å²) in [6.07, 6.45) is 3.52. The maximum Gasteiger partial charge on any atom is 0.307 e. The number of carboxylic acid groups (broad SMARTS) is 1. The van der Waals surface area contributed by atoms with Crippen LogP contribution >= 0.6 is 0 Å². The number of carboxylic acids is 1. The van der Waals surface area contributed by atoms with Crippen LogP contribution in [-0.4, -0.2) is 34.5 Å². The van der Waals surface area contributed by atoms with Gasteiger partial charge in [-0.3, -0.25) is 9.59 Å². The lowest BCUT2D eigenvalue weighted by Crippen LogP contribution is -2.48. The van der Waals surface area contributed by atoms with Gasteiger partial charge in [0.1, 0.15) is 0 Å². The molecule has 1 heterocycles. The van der Waals surface area contributed by atoms with Crippen LogP contribution in [0.5, 0.6) is 0 Å². The van der Waals surface area contributed by atoms with Crippen LogP contribution in [-0.2, 0) is 9.59 Å². The average Bonchev–Trinajstić information content (AvgIpc) is 2.62. The fourth-order valence-corrected chi connectivity index (χ4v) is 3.06. The van der Waals surface area contributed by atoms with E-state index >= 15 is 0 Å². The molecule has 17 heavy (non-hydrogen) atoms. The van der Waals surface area contributed by atoms with Gasteiger partial charge in [0.15, 0.2) is 0 Å². The van der Waals surface area contributed by atoms with Crippen LogP contribution < -0.4 is 0 Å². The van der Waals surface area contributed by atoms with E-state index in [1.165, 1.54) is 0 Å². The Balaban J connectivity index is 2.02. The van der Waals surface area contributed by atoms with E-state index in [1.54, 1.807) is 0 Å². The molecule has 2 rings (SSSR count).